The molecule has 21 heavy (non-hydrogen) atoms. The second kappa shape index (κ2) is 6.93. The van der Waals surface area contributed by atoms with Crippen LogP contribution >= 0.6 is 0 Å². The molecule has 0 aliphatic carbocycles. The van der Waals surface area contributed by atoms with Crippen molar-refractivity contribution in [3.63, 3.8) is 0 Å². The monoisotopic (exact) mass is 284 g/mol. The third-order valence-electron chi connectivity index (χ3n) is 3.14. The van der Waals surface area contributed by atoms with Gasteiger partial charge in [0.05, 0.1) is 12.2 Å². The van der Waals surface area contributed by atoms with Gasteiger partial charge in [-0.15, -0.1) is 0 Å². The van der Waals surface area contributed by atoms with Gasteiger partial charge in [-0.25, -0.2) is 4.79 Å². The summed E-state index contributed by atoms with van der Waals surface area (Å²) in [5.74, 6) is 1.31. The fourth-order valence-corrected chi connectivity index (χ4v) is 2.06. The molecule has 2 rings (SSSR count). The Hall–Kier alpha value is -2.29. The topological polar surface area (TPSA) is 35.5 Å². The third-order valence-corrected chi connectivity index (χ3v) is 3.14. The largest absolute Gasteiger partial charge is 0.494 e. The first-order valence-electron chi connectivity index (χ1n) is 7.15. The molecule has 0 aliphatic rings. The van der Waals surface area contributed by atoms with Gasteiger partial charge in [0, 0.05) is 0 Å². The third kappa shape index (κ3) is 3.85. The lowest BCUT2D eigenvalue weighted by atomic mass is 10.0. The van der Waals surface area contributed by atoms with Crippen molar-refractivity contribution in [1.82, 2.24) is 0 Å². The van der Waals surface area contributed by atoms with E-state index in [1.807, 2.05) is 31.2 Å². The van der Waals surface area contributed by atoms with Crippen LogP contribution in [0.4, 0.5) is 0 Å². The molecule has 110 valence electrons. The van der Waals surface area contributed by atoms with Crippen LogP contribution in [0.5, 0.6) is 11.5 Å². The molecule has 0 saturated heterocycles. The van der Waals surface area contributed by atoms with Gasteiger partial charge < -0.3 is 9.47 Å². The predicted molar refractivity (Wildman–Crippen MR) is 83.1 cm³/mol. The molecule has 0 aromatic heterocycles. The van der Waals surface area contributed by atoms with E-state index < -0.39 is 0 Å². The second-order valence-corrected chi connectivity index (χ2v) is 5.04. The number of carbonyl (C=O) groups is 1. The van der Waals surface area contributed by atoms with Gasteiger partial charge in [-0.3, -0.25) is 0 Å². The zero-order valence-corrected chi connectivity index (χ0v) is 12.6. The summed E-state index contributed by atoms with van der Waals surface area (Å²) in [5, 5.41) is 0. The van der Waals surface area contributed by atoms with Gasteiger partial charge in [0.2, 0.25) is 0 Å². The van der Waals surface area contributed by atoms with Crippen molar-refractivity contribution >= 4 is 5.97 Å². The Labute approximate surface area is 125 Å². The maximum Gasteiger partial charge on any atom is 0.343 e. The Morgan fingerprint density at radius 2 is 1.71 bits per heavy atom. The molecule has 0 atom stereocenters. The lowest BCUT2D eigenvalue weighted by molar-refractivity contribution is 0.0733. The minimum Gasteiger partial charge on any atom is -0.494 e. The summed E-state index contributed by atoms with van der Waals surface area (Å²) in [5.41, 5.74) is 1.54. The first-order valence-corrected chi connectivity index (χ1v) is 7.15. The fourth-order valence-electron chi connectivity index (χ4n) is 2.06. The predicted octanol–water partition coefficient (Wildman–Crippen LogP) is 4.43. The molecular weight excluding hydrogens is 264 g/mol. The fraction of sp³-hybridized carbons (Fsp3) is 0.278. The standard InChI is InChI=1S/C18H20O3/c1-4-20-15-11-9-14(10-12-15)18(19)21-17-8-6-5-7-16(17)13(2)3/h5-13H,4H2,1-3H3. The Morgan fingerprint density at radius 3 is 2.33 bits per heavy atom. The van der Waals surface area contributed by atoms with Crippen molar-refractivity contribution in [3.05, 3.63) is 59.7 Å². The van der Waals surface area contributed by atoms with E-state index in [1.54, 1.807) is 24.3 Å². The van der Waals surface area contributed by atoms with E-state index in [9.17, 15) is 4.79 Å². The number of rotatable bonds is 5. The summed E-state index contributed by atoms with van der Waals surface area (Å²) < 4.78 is 10.9. The molecule has 0 radical (unpaired) electrons. The highest BCUT2D eigenvalue weighted by Gasteiger charge is 2.13. The van der Waals surface area contributed by atoms with Gasteiger partial charge in [0.1, 0.15) is 11.5 Å². The zero-order chi connectivity index (χ0) is 15.2. The van der Waals surface area contributed by atoms with Crippen LogP contribution in [0.25, 0.3) is 0 Å². The molecule has 3 nitrogen and oxygen atoms in total. The number of para-hydroxylation sites is 1. The summed E-state index contributed by atoms with van der Waals surface area (Å²) >= 11 is 0. The van der Waals surface area contributed by atoms with Crippen LogP contribution < -0.4 is 9.47 Å². The van der Waals surface area contributed by atoms with Gasteiger partial charge in [-0.2, -0.15) is 0 Å². The van der Waals surface area contributed by atoms with Gasteiger partial charge in [0.15, 0.2) is 0 Å². The van der Waals surface area contributed by atoms with Crippen molar-refractivity contribution in [2.24, 2.45) is 0 Å². The Bertz CT molecular complexity index is 600. The Kier molecular flexibility index (Phi) is 4.99. The molecule has 0 N–H and O–H groups in total. The SMILES string of the molecule is CCOc1ccc(C(=O)Oc2ccccc2C(C)C)cc1. The van der Waals surface area contributed by atoms with Gasteiger partial charge in [-0.05, 0) is 48.7 Å². The summed E-state index contributed by atoms with van der Waals surface area (Å²) in [6.07, 6.45) is 0. The van der Waals surface area contributed by atoms with Crippen LogP contribution in [0.1, 0.15) is 42.6 Å². The van der Waals surface area contributed by atoms with Crippen LogP contribution in [-0.4, -0.2) is 12.6 Å². The van der Waals surface area contributed by atoms with Gasteiger partial charge in [-0.1, -0.05) is 32.0 Å². The molecule has 0 heterocycles. The van der Waals surface area contributed by atoms with Crippen molar-refractivity contribution < 1.29 is 14.3 Å². The quantitative estimate of drug-likeness (QED) is 0.602. The van der Waals surface area contributed by atoms with Crippen molar-refractivity contribution in [2.45, 2.75) is 26.7 Å². The maximum absolute atomic E-state index is 12.2. The average Bonchev–Trinajstić information content (AvgIpc) is 2.48. The number of benzene rings is 2. The molecule has 0 saturated carbocycles. The number of esters is 1. The molecule has 0 fully saturated rings. The highest BCUT2D eigenvalue weighted by Crippen LogP contribution is 2.26. The molecule has 0 aliphatic heterocycles. The van der Waals surface area contributed by atoms with Gasteiger partial charge in [0.25, 0.3) is 0 Å². The number of hydrogen-bond donors (Lipinski definition) is 0. The molecule has 2 aromatic carbocycles. The van der Waals surface area contributed by atoms with Crippen molar-refractivity contribution in [2.75, 3.05) is 6.61 Å². The molecule has 2 aromatic rings. The highest BCUT2D eigenvalue weighted by atomic mass is 16.5. The van der Waals surface area contributed by atoms with Crippen LogP contribution in [0, 0.1) is 0 Å². The smallest absolute Gasteiger partial charge is 0.343 e. The van der Waals surface area contributed by atoms with Crippen LogP contribution in [0.3, 0.4) is 0 Å². The minimum atomic E-state index is -0.355. The molecule has 0 bridgehead atoms. The van der Waals surface area contributed by atoms with E-state index in [0.29, 0.717) is 23.8 Å². The lowest BCUT2D eigenvalue weighted by Gasteiger charge is -2.12. The molecule has 0 unspecified atom stereocenters. The van der Waals surface area contributed by atoms with E-state index in [4.69, 9.17) is 9.47 Å². The Morgan fingerprint density at radius 1 is 1.05 bits per heavy atom. The average molecular weight is 284 g/mol. The summed E-state index contributed by atoms with van der Waals surface area (Å²) in [6, 6.07) is 14.6. The van der Waals surface area contributed by atoms with Crippen molar-refractivity contribution in [3.8, 4) is 11.5 Å². The number of carbonyl (C=O) groups excluding carboxylic acids is 1. The normalized spacial score (nSPS) is 10.5. The zero-order valence-electron chi connectivity index (χ0n) is 12.6. The second-order valence-electron chi connectivity index (χ2n) is 5.04. The Balaban J connectivity index is 2.14. The highest BCUT2D eigenvalue weighted by molar-refractivity contribution is 5.91. The van der Waals surface area contributed by atoms with E-state index in [-0.39, 0.29) is 5.97 Å². The molecule has 0 amide bonds. The lowest BCUT2D eigenvalue weighted by Crippen LogP contribution is -2.10. The van der Waals surface area contributed by atoms with E-state index in [1.165, 1.54) is 0 Å². The first kappa shape index (κ1) is 15.1. The summed E-state index contributed by atoms with van der Waals surface area (Å²) in [7, 11) is 0. The van der Waals surface area contributed by atoms with Crippen molar-refractivity contribution in [1.29, 1.82) is 0 Å². The van der Waals surface area contributed by atoms with Crippen LogP contribution in [0.15, 0.2) is 48.5 Å². The molecular formula is C18H20O3. The molecule has 3 heteroatoms. The van der Waals surface area contributed by atoms with Crippen LogP contribution in [-0.2, 0) is 0 Å². The van der Waals surface area contributed by atoms with E-state index in [0.717, 1.165) is 11.3 Å². The molecule has 0 spiro atoms. The van der Waals surface area contributed by atoms with E-state index in [2.05, 4.69) is 13.8 Å². The van der Waals surface area contributed by atoms with Crippen LogP contribution in [0.2, 0.25) is 0 Å². The number of ether oxygens (including phenoxy) is 2. The maximum atomic E-state index is 12.2. The summed E-state index contributed by atoms with van der Waals surface area (Å²) in [4.78, 5) is 12.2. The summed E-state index contributed by atoms with van der Waals surface area (Å²) in [6.45, 7) is 6.67. The number of hydrogen-bond acceptors (Lipinski definition) is 3. The van der Waals surface area contributed by atoms with E-state index >= 15 is 0 Å². The first-order chi connectivity index (χ1) is 10.1. The minimum absolute atomic E-state index is 0.300. The van der Waals surface area contributed by atoms with Gasteiger partial charge >= 0.3 is 5.97 Å².